The van der Waals surface area contributed by atoms with Gasteiger partial charge in [0.2, 0.25) is 11.8 Å². The molecule has 0 bridgehead atoms. The van der Waals surface area contributed by atoms with E-state index in [0.717, 1.165) is 67.8 Å². The molecule has 7 rings (SSSR count). The summed E-state index contributed by atoms with van der Waals surface area (Å²) in [6.07, 6.45) is 2.49. The molecule has 4 aliphatic rings. The molecule has 10 nitrogen and oxygen atoms in total. The molecule has 3 saturated heterocycles. The molecule has 242 valence electrons. The topological polar surface area (TPSA) is 110 Å². The van der Waals surface area contributed by atoms with Gasteiger partial charge in [0.15, 0.2) is 0 Å². The maximum absolute atomic E-state index is 13.2. The van der Waals surface area contributed by atoms with Crippen LogP contribution in [-0.4, -0.2) is 83.7 Å². The van der Waals surface area contributed by atoms with Gasteiger partial charge in [0, 0.05) is 81.4 Å². The summed E-state index contributed by atoms with van der Waals surface area (Å²) in [6.45, 7) is 8.47. The number of carbonyl (C=O) groups excluding carboxylic acids is 3. The first-order chi connectivity index (χ1) is 22.2. The number of piperidine rings is 1. The Kier molecular flexibility index (Phi) is 8.29. The van der Waals surface area contributed by atoms with Crippen LogP contribution < -0.4 is 10.1 Å². The highest BCUT2D eigenvalue weighted by Crippen LogP contribution is 2.36. The van der Waals surface area contributed by atoms with Crippen molar-refractivity contribution in [3.05, 3.63) is 70.9 Å². The summed E-state index contributed by atoms with van der Waals surface area (Å²) in [6, 6.07) is 15.8. The Labute approximate surface area is 269 Å². The van der Waals surface area contributed by atoms with Gasteiger partial charge >= 0.3 is 0 Å². The third-order valence-electron chi connectivity index (χ3n) is 10.4. The third kappa shape index (κ3) is 6.01. The number of amides is 3. The number of hydrogen-bond donors (Lipinski definition) is 1. The summed E-state index contributed by atoms with van der Waals surface area (Å²) < 4.78 is 18.2. The molecule has 1 aromatic heterocycles. The predicted octanol–water partition coefficient (Wildman–Crippen LogP) is 4.19. The number of pyridine rings is 1. The molecule has 3 aromatic rings. The van der Waals surface area contributed by atoms with E-state index in [9.17, 15) is 14.4 Å². The Balaban J connectivity index is 1.05. The van der Waals surface area contributed by atoms with Crippen LogP contribution in [0.4, 0.5) is 0 Å². The number of benzene rings is 2. The van der Waals surface area contributed by atoms with E-state index in [1.165, 1.54) is 5.56 Å². The van der Waals surface area contributed by atoms with Crippen LogP contribution in [-0.2, 0) is 32.2 Å². The van der Waals surface area contributed by atoms with Crippen LogP contribution in [0.2, 0.25) is 0 Å². The van der Waals surface area contributed by atoms with E-state index in [2.05, 4.69) is 54.4 Å². The summed E-state index contributed by atoms with van der Waals surface area (Å²) >= 11 is 0. The molecule has 5 heterocycles. The number of rotatable bonds is 8. The number of carbonyl (C=O) groups is 3. The summed E-state index contributed by atoms with van der Waals surface area (Å²) in [5.74, 6) is 0.376. The van der Waals surface area contributed by atoms with E-state index in [4.69, 9.17) is 19.2 Å². The predicted molar refractivity (Wildman–Crippen MR) is 171 cm³/mol. The Hall–Kier alpha value is -3.86. The van der Waals surface area contributed by atoms with Gasteiger partial charge in [-0.3, -0.25) is 29.6 Å². The lowest BCUT2D eigenvalue weighted by atomic mass is 9.88. The van der Waals surface area contributed by atoms with Crippen LogP contribution in [0, 0.1) is 5.92 Å². The van der Waals surface area contributed by atoms with E-state index in [0.29, 0.717) is 30.2 Å². The second kappa shape index (κ2) is 12.4. The van der Waals surface area contributed by atoms with Crippen molar-refractivity contribution < 1.29 is 28.6 Å². The minimum Gasteiger partial charge on any atom is -0.489 e. The molecule has 0 aliphatic carbocycles. The van der Waals surface area contributed by atoms with Crippen molar-refractivity contribution in [2.75, 3.05) is 33.4 Å². The molecule has 0 saturated carbocycles. The van der Waals surface area contributed by atoms with Crippen molar-refractivity contribution in [2.45, 2.75) is 76.3 Å². The van der Waals surface area contributed by atoms with Crippen molar-refractivity contribution in [2.24, 2.45) is 5.92 Å². The van der Waals surface area contributed by atoms with Crippen LogP contribution >= 0.6 is 0 Å². The molecular formula is C36H42N4O6. The highest BCUT2D eigenvalue weighted by molar-refractivity contribution is 6.05. The van der Waals surface area contributed by atoms with Gasteiger partial charge in [0.05, 0.1) is 11.1 Å². The number of nitrogens with one attached hydrogen (secondary N) is 1. The molecule has 0 unspecified atom stereocenters. The smallest absolute Gasteiger partial charge is 0.255 e. The molecule has 0 spiro atoms. The molecule has 2 aromatic carbocycles. The number of ether oxygens (including phenoxy) is 3. The Morgan fingerprint density at radius 3 is 2.61 bits per heavy atom. The van der Waals surface area contributed by atoms with E-state index < -0.39 is 17.6 Å². The Bertz CT molecular complexity index is 1670. The maximum Gasteiger partial charge on any atom is 0.255 e. The normalized spacial score (nSPS) is 24.5. The minimum absolute atomic E-state index is 0.108. The lowest BCUT2D eigenvalue weighted by Gasteiger charge is -2.33. The largest absolute Gasteiger partial charge is 0.489 e. The fourth-order valence-corrected chi connectivity index (χ4v) is 7.49. The third-order valence-corrected chi connectivity index (χ3v) is 10.4. The minimum atomic E-state index is -0.642. The highest BCUT2D eigenvalue weighted by Gasteiger charge is 2.44. The van der Waals surface area contributed by atoms with E-state index in [-0.39, 0.29) is 30.3 Å². The van der Waals surface area contributed by atoms with Gasteiger partial charge < -0.3 is 19.1 Å². The molecule has 1 N–H and O–H groups in total. The van der Waals surface area contributed by atoms with E-state index in [1.54, 1.807) is 18.1 Å². The zero-order valence-electron chi connectivity index (χ0n) is 26.8. The molecule has 3 amide bonds. The summed E-state index contributed by atoms with van der Waals surface area (Å²) in [4.78, 5) is 46.3. The highest BCUT2D eigenvalue weighted by atomic mass is 16.5. The van der Waals surface area contributed by atoms with Crippen LogP contribution in [0.15, 0.2) is 48.5 Å². The average molecular weight is 627 g/mol. The number of likely N-dealkylation sites (tertiary alicyclic amines) is 1. The molecule has 3 atom stereocenters. The molecule has 4 aliphatic heterocycles. The van der Waals surface area contributed by atoms with Gasteiger partial charge in [0.25, 0.3) is 5.91 Å². The quantitative estimate of drug-likeness (QED) is 0.371. The Morgan fingerprint density at radius 2 is 1.83 bits per heavy atom. The van der Waals surface area contributed by atoms with Gasteiger partial charge in [-0.1, -0.05) is 12.1 Å². The van der Waals surface area contributed by atoms with Crippen molar-refractivity contribution in [3.8, 4) is 5.75 Å². The maximum atomic E-state index is 13.2. The lowest BCUT2D eigenvalue weighted by Crippen LogP contribution is -2.52. The first-order valence-electron chi connectivity index (χ1n) is 16.4. The number of aromatic nitrogens is 1. The van der Waals surface area contributed by atoms with Crippen molar-refractivity contribution in [1.29, 1.82) is 0 Å². The number of imide groups is 1. The van der Waals surface area contributed by atoms with Gasteiger partial charge in [0.1, 0.15) is 17.9 Å². The second-order valence-corrected chi connectivity index (χ2v) is 13.6. The SMILES string of the molecule is COC(C)(C)[C@@H]1CN(Cc2ccc3nc(C4CCOCC4)ccc3c2)C[C@H]1Oc1ccc2c(c1)CN([C@H]1CCC(=O)NC1=O)C2=O. The number of methoxy groups -OCH3 is 1. The van der Waals surface area contributed by atoms with Crippen molar-refractivity contribution >= 4 is 28.6 Å². The van der Waals surface area contributed by atoms with Crippen LogP contribution in [0.25, 0.3) is 10.9 Å². The van der Waals surface area contributed by atoms with Crippen LogP contribution in [0.3, 0.4) is 0 Å². The van der Waals surface area contributed by atoms with Gasteiger partial charge in [-0.25, -0.2) is 0 Å². The molecule has 0 radical (unpaired) electrons. The van der Waals surface area contributed by atoms with Gasteiger partial charge in [-0.15, -0.1) is 0 Å². The average Bonchev–Trinajstić information content (AvgIpc) is 3.61. The summed E-state index contributed by atoms with van der Waals surface area (Å²) in [7, 11) is 1.75. The monoisotopic (exact) mass is 626 g/mol. The number of fused-ring (bicyclic) bond motifs is 2. The molecule has 46 heavy (non-hydrogen) atoms. The van der Waals surface area contributed by atoms with E-state index in [1.807, 2.05) is 12.1 Å². The molecular weight excluding hydrogens is 584 g/mol. The molecule has 10 heteroatoms. The summed E-state index contributed by atoms with van der Waals surface area (Å²) in [5, 5.41) is 3.51. The summed E-state index contributed by atoms with van der Waals surface area (Å²) in [5.41, 5.74) is 4.40. The Morgan fingerprint density at radius 1 is 1.00 bits per heavy atom. The first-order valence-corrected chi connectivity index (χ1v) is 16.4. The lowest BCUT2D eigenvalue weighted by molar-refractivity contribution is -0.136. The number of hydrogen-bond acceptors (Lipinski definition) is 8. The van der Waals surface area contributed by atoms with Gasteiger partial charge in [-0.2, -0.15) is 0 Å². The fourth-order valence-electron chi connectivity index (χ4n) is 7.49. The standard InChI is InChI=1S/C36H42N4O6/c1-36(2,44-3)28-20-39(18-22-4-8-30-24(16-22)5-9-29(37-30)23-12-14-45-15-13-23)21-32(28)46-26-6-7-27-25(17-26)19-40(35(27)43)31-10-11-33(41)38-34(31)42/h4-9,16-17,23,28,31-32H,10-15,18-21H2,1-3H3,(H,38,41,42)/t28-,31+,32-/m1/s1. The van der Waals surface area contributed by atoms with Crippen molar-refractivity contribution in [3.63, 3.8) is 0 Å². The molecule has 3 fully saturated rings. The van der Waals surface area contributed by atoms with Crippen molar-refractivity contribution in [1.82, 2.24) is 20.1 Å². The van der Waals surface area contributed by atoms with Crippen LogP contribution in [0.1, 0.15) is 72.6 Å². The van der Waals surface area contributed by atoms with E-state index >= 15 is 0 Å². The van der Waals surface area contributed by atoms with Gasteiger partial charge in [-0.05, 0) is 80.6 Å². The first kappa shape index (κ1) is 30.8. The number of nitrogens with zero attached hydrogens (tertiary/aromatic N) is 3. The van der Waals surface area contributed by atoms with Crippen LogP contribution in [0.5, 0.6) is 5.75 Å². The second-order valence-electron chi connectivity index (χ2n) is 13.6. The fraction of sp³-hybridized carbons (Fsp3) is 0.500. The zero-order valence-corrected chi connectivity index (χ0v) is 26.8. The zero-order chi connectivity index (χ0) is 32.0.